The van der Waals surface area contributed by atoms with Gasteiger partial charge in [-0.1, -0.05) is 36.4 Å². The lowest BCUT2D eigenvalue weighted by Gasteiger charge is -2.34. The summed E-state index contributed by atoms with van der Waals surface area (Å²) in [6.07, 6.45) is 3.70. The summed E-state index contributed by atoms with van der Waals surface area (Å²) in [7, 11) is 0. The van der Waals surface area contributed by atoms with Crippen molar-refractivity contribution in [1.29, 1.82) is 0 Å². The summed E-state index contributed by atoms with van der Waals surface area (Å²) in [5, 5.41) is 6.37. The highest BCUT2D eigenvalue weighted by molar-refractivity contribution is 7.13. The summed E-state index contributed by atoms with van der Waals surface area (Å²) in [6.45, 7) is 1.83. The Morgan fingerprint density at radius 3 is 2.29 bits per heavy atom. The van der Waals surface area contributed by atoms with E-state index < -0.39 is 0 Å². The summed E-state index contributed by atoms with van der Waals surface area (Å²) in [5.41, 5.74) is 1.86. The Bertz CT molecular complexity index is 935. The fraction of sp³-hybridized carbons (Fsp3) is 0.273. The van der Waals surface area contributed by atoms with E-state index in [1.165, 1.54) is 0 Å². The monoisotopic (exact) mass is 391 g/mol. The number of ether oxygens (including phenoxy) is 1. The lowest BCUT2D eigenvalue weighted by Crippen LogP contribution is -2.46. The van der Waals surface area contributed by atoms with Crippen molar-refractivity contribution in [2.24, 2.45) is 0 Å². The summed E-state index contributed by atoms with van der Waals surface area (Å²) in [5.74, 6) is 1.24. The van der Waals surface area contributed by atoms with Crippen LogP contribution in [0.2, 0.25) is 0 Å². The summed E-state index contributed by atoms with van der Waals surface area (Å²) < 4.78 is 6.01. The number of amides is 1. The minimum absolute atomic E-state index is 0.0518. The Hall–Kier alpha value is -2.86. The number of aromatic nitrogens is 1. The Kier molecular flexibility index (Phi) is 4.49. The van der Waals surface area contributed by atoms with Gasteiger partial charge in [-0.2, -0.15) is 0 Å². The van der Waals surface area contributed by atoms with Gasteiger partial charge in [0, 0.05) is 41.8 Å². The number of rotatable bonds is 3. The molecule has 0 spiro atoms. The maximum Gasteiger partial charge on any atom is 0.232 e. The van der Waals surface area contributed by atoms with Crippen LogP contribution in [-0.2, 0) is 4.79 Å². The fourth-order valence-electron chi connectivity index (χ4n) is 4.06. The summed E-state index contributed by atoms with van der Waals surface area (Å²) >= 11 is 1.67. The molecule has 2 aliphatic rings. The number of benzene rings is 2. The van der Waals surface area contributed by atoms with Crippen molar-refractivity contribution < 1.29 is 9.53 Å². The first kappa shape index (κ1) is 17.3. The average molecular weight is 391 g/mol. The standard InChI is InChI=1S/C22H21N3O2S/c26-21(24-15-9-12-25(13-10-15)22-23-11-14-28-22)20-16-5-1-3-7-18(16)27-19-8-4-2-6-17(19)20/h1-8,11,14-15,20H,9-10,12-13H2,(H,24,26). The van der Waals surface area contributed by atoms with E-state index in [1.54, 1.807) is 11.3 Å². The molecule has 1 fully saturated rings. The van der Waals surface area contributed by atoms with E-state index in [4.69, 9.17) is 4.74 Å². The van der Waals surface area contributed by atoms with Crippen LogP contribution in [0.4, 0.5) is 5.13 Å². The number of carbonyl (C=O) groups is 1. The zero-order valence-corrected chi connectivity index (χ0v) is 16.2. The first-order valence-corrected chi connectivity index (χ1v) is 10.5. The Labute approximate surface area is 168 Å². The van der Waals surface area contributed by atoms with Gasteiger partial charge < -0.3 is 15.0 Å². The zero-order valence-electron chi connectivity index (χ0n) is 15.4. The van der Waals surface area contributed by atoms with Gasteiger partial charge in [-0.05, 0) is 25.0 Å². The zero-order chi connectivity index (χ0) is 18.9. The SMILES string of the molecule is O=C(NC1CCN(c2nccs2)CC1)C1c2ccccc2Oc2ccccc21. The number of nitrogens with one attached hydrogen (secondary N) is 1. The Morgan fingerprint density at radius 2 is 1.68 bits per heavy atom. The summed E-state index contributed by atoms with van der Waals surface area (Å²) in [4.78, 5) is 20.0. The lowest BCUT2D eigenvalue weighted by molar-refractivity contribution is -0.122. The number of nitrogens with zero attached hydrogens (tertiary/aromatic N) is 2. The van der Waals surface area contributed by atoms with Crippen molar-refractivity contribution in [3.63, 3.8) is 0 Å². The number of hydrogen-bond donors (Lipinski definition) is 1. The quantitative estimate of drug-likeness (QED) is 0.728. The lowest BCUT2D eigenvalue weighted by atomic mass is 9.87. The molecule has 2 aromatic carbocycles. The summed E-state index contributed by atoms with van der Waals surface area (Å²) in [6, 6.07) is 15.8. The number of piperidine rings is 1. The van der Waals surface area contributed by atoms with Crippen LogP contribution in [0.3, 0.4) is 0 Å². The van der Waals surface area contributed by atoms with Gasteiger partial charge in [0.2, 0.25) is 5.91 Å². The molecule has 28 heavy (non-hydrogen) atoms. The van der Waals surface area contributed by atoms with Crippen LogP contribution in [0, 0.1) is 0 Å². The van der Waals surface area contributed by atoms with Crippen LogP contribution in [0.5, 0.6) is 11.5 Å². The molecule has 0 radical (unpaired) electrons. The molecule has 0 aliphatic carbocycles. The Balaban J connectivity index is 1.33. The van der Waals surface area contributed by atoms with Gasteiger partial charge in [-0.15, -0.1) is 11.3 Å². The molecule has 3 heterocycles. The number of carbonyl (C=O) groups excluding carboxylic acids is 1. The van der Waals surface area contributed by atoms with Gasteiger partial charge in [0.1, 0.15) is 11.5 Å². The van der Waals surface area contributed by atoms with Crippen LogP contribution in [0.15, 0.2) is 60.1 Å². The topological polar surface area (TPSA) is 54.5 Å². The molecular weight excluding hydrogens is 370 g/mol. The van der Waals surface area contributed by atoms with Crippen LogP contribution in [-0.4, -0.2) is 30.0 Å². The van der Waals surface area contributed by atoms with Gasteiger partial charge in [-0.25, -0.2) is 4.98 Å². The normalized spacial score (nSPS) is 16.8. The van der Waals surface area contributed by atoms with E-state index in [1.807, 2.05) is 60.1 Å². The molecule has 5 nitrogen and oxygen atoms in total. The molecule has 2 aliphatic heterocycles. The van der Waals surface area contributed by atoms with Crippen LogP contribution >= 0.6 is 11.3 Å². The van der Waals surface area contributed by atoms with Gasteiger partial charge >= 0.3 is 0 Å². The van der Waals surface area contributed by atoms with E-state index in [0.29, 0.717) is 0 Å². The van der Waals surface area contributed by atoms with Crippen molar-refractivity contribution in [3.05, 3.63) is 71.2 Å². The molecule has 1 N–H and O–H groups in total. The van der Waals surface area contributed by atoms with Crippen molar-refractivity contribution in [2.45, 2.75) is 24.8 Å². The molecule has 1 amide bonds. The molecule has 0 bridgehead atoms. The number of para-hydroxylation sites is 2. The van der Waals surface area contributed by atoms with Crippen LogP contribution in [0.25, 0.3) is 0 Å². The second-order valence-corrected chi connectivity index (χ2v) is 8.07. The molecule has 1 aromatic heterocycles. The molecule has 0 atom stereocenters. The Morgan fingerprint density at radius 1 is 1.04 bits per heavy atom. The highest BCUT2D eigenvalue weighted by Crippen LogP contribution is 2.44. The molecule has 5 rings (SSSR count). The molecular formula is C22H21N3O2S. The van der Waals surface area contributed by atoms with E-state index in [0.717, 1.165) is 53.7 Å². The molecule has 3 aromatic rings. The maximum atomic E-state index is 13.3. The number of fused-ring (bicyclic) bond motifs is 2. The highest BCUT2D eigenvalue weighted by Gasteiger charge is 2.34. The van der Waals surface area contributed by atoms with Crippen LogP contribution in [0.1, 0.15) is 29.9 Å². The van der Waals surface area contributed by atoms with Gasteiger partial charge in [0.05, 0.1) is 5.92 Å². The van der Waals surface area contributed by atoms with Gasteiger partial charge in [-0.3, -0.25) is 4.79 Å². The van der Waals surface area contributed by atoms with Crippen molar-refractivity contribution in [2.75, 3.05) is 18.0 Å². The largest absolute Gasteiger partial charge is 0.457 e. The van der Waals surface area contributed by atoms with Crippen molar-refractivity contribution >= 4 is 22.4 Å². The smallest absolute Gasteiger partial charge is 0.232 e. The minimum Gasteiger partial charge on any atom is -0.457 e. The second kappa shape index (κ2) is 7.28. The number of hydrogen-bond acceptors (Lipinski definition) is 5. The molecule has 142 valence electrons. The minimum atomic E-state index is -0.335. The van der Waals surface area contributed by atoms with Crippen molar-refractivity contribution in [3.8, 4) is 11.5 Å². The van der Waals surface area contributed by atoms with Gasteiger partial charge in [0.25, 0.3) is 0 Å². The predicted molar refractivity (Wildman–Crippen MR) is 110 cm³/mol. The maximum absolute atomic E-state index is 13.3. The fourth-order valence-corrected chi connectivity index (χ4v) is 4.76. The van der Waals surface area contributed by atoms with Crippen molar-refractivity contribution in [1.82, 2.24) is 10.3 Å². The average Bonchev–Trinajstić information content (AvgIpc) is 3.27. The van der Waals surface area contributed by atoms with Crippen LogP contribution < -0.4 is 15.0 Å². The first-order valence-electron chi connectivity index (χ1n) is 9.60. The van der Waals surface area contributed by atoms with Gasteiger partial charge in [0.15, 0.2) is 5.13 Å². The van der Waals surface area contributed by atoms with E-state index in [-0.39, 0.29) is 17.9 Å². The molecule has 0 unspecified atom stereocenters. The molecule has 0 saturated carbocycles. The third-order valence-electron chi connectivity index (χ3n) is 5.47. The number of thiazole rings is 1. The molecule has 1 saturated heterocycles. The first-order chi connectivity index (χ1) is 13.8. The number of anilines is 1. The highest BCUT2D eigenvalue weighted by atomic mass is 32.1. The third kappa shape index (κ3) is 3.14. The van der Waals surface area contributed by atoms with E-state index in [9.17, 15) is 4.79 Å². The van der Waals surface area contributed by atoms with E-state index >= 15 is 0 Å². The predicted octanol–water partition coefficient (Wildman–Crippen LogP) is 4.17. The van der Waals surface area contributed by atoms with E-state index in [2.05, 4.69) is 15.2 Å². The molecule has 6 heteroatoms. The second-order valence-electron chi connectivity index (χ2n) is 7.20. The third-order valence-corrected chi connectivity index (χ3v) is 6.31.